The van der Waals surface area contributed by atoms with Crippen LogP contribution in [0, 0.1) is 0 Å². The van der Waals surface area contributed by atoms with E-state index in [4.69, 9.17) is 4.74 Å². The van der Waals surface area contributed by atoms with Crippen molar-refractivity contribution in [3.63, 3.8) is 0 Å². The van der Waals surface area contributed by atoms with Crippen LogP contribution < -0.4 is 10.6 Å². The van der Waals surface area contributed by atoms with Crippen molar-refractivity contribution in [1.82, 2.24) is 15.6 Å². The second-order valence-corrected chi connectivity index (χ2v) is 5.42. The fraction of sp³-hybridized carbons (Fsp3) is 0.368. The molecule has 5 nitrogen and oxygen atoms in total. The third-order valence-electron chi connectivity index (χ3n) is 3.51. The lowest BCUT2D eigenvalue weighted by molar-refractivity contribution is 0.117. The molecule has 2 rings (SSSR count). The summed E-state index contributed by atoms with van der Waals surface area (Å²) < 4.78 is 5.68. The SMILES string of the molecule is CN=C(NCCCCOCc1ccccc1)NCc1ccccn1.I. The van der Waals surface area contributed by atoms with E-state index in [0.717, 1.165) is 37.6 Å². The number of nitrogens with zero attached hydrogens (tertiary/aromatic N) is 2. The quantitative estimate of drug-likeness (QED) is 0.264. The van der Waals surface area contributed by atoms with Crippen LogP contribution in [0.3, 0.4) is 0 Å². The summed E-state index contributed by atoms with van der Waals surface area (Å²) in [7, 11) is 1.77. The van der Waals surface area contributed by atoms with Crippen molar-refractivity contribution in [1.29, 1.82) is 0 Å². The number of rotatable bonds is 9. The minimum absolute atomic E-state index is 0. The van der Waals surface area contributed by atoms with Crippen LogP contribution in [0.4, 0.5) is 0 Å². The molecule has 1 aromatic carbocycles. The number of guanidine groups is 1. The first-order valence-electron chi connectivity index (χ1n) is 8.34. The standard InChI is InChI=1S/C19H26N4O.HI/c1-20-19(23-15-18-11-5-6-12-21-18)22-13-7-8-14-24-16-17-9-3-2-4-10-17;/h2-6,9-12H,7-8,13-16H2,1H3,(H2,20,22,23);1H. The predicted molar refractivity (Wildman–Crippen MR) is 113 cm³/mol. The van der Waals surface area contributed by atoms with Crippen molar-refractivity contribution in [2.75, 3.05) is 20.2 Å². The van der Waals surface area contributed by atoms with Gasteiger partial charge in [0.25, 0.3) is 0 Å². The lowest BCUT2D eigenvalue weighted by Gasteiger charge is -2.11. The van der Waals surface area contributed by atoms with Gasteiger partial charge in [-0.15, -0.1) is 24.0 Å². The van der Waals surface area contributed by atoms with Crippen LogP contribution in [0.2, 0.25) is 0 Å². The maximum absolute atomic E-state index is 5.68. The van der Waals surface area contributed by atoms with Gasteiger partial charge in [0.05, 0.1) is 18.8 Å². The number of hydrogen-bond acceptors (Lipinski definition) is 3. The van der Waals surface area contributed by atoms with E-state index in [1.807, 2.05) is 36.4 Å². The number of hydrogen-bond donors (Lipinski definition) is 2. The molecule has 1 aromatic heterocycles. The third kappa shape index (κ3) is 9.40. The van der Waals surface area contributed by atoms with Gasteiger partial charge in [-0.1, -0.05) is 36.4 Å². The lowest BCUT2D eigenvalue weighted by atomic mass is 10.2. The molecule has 25 heavy (non-hydrogen) atoms. The number of aliphatic imine (C=N–C) groups is 1. The van der Waals surface area contributed by atoms with Gasteiger partial charge in [-0.25, -0.2) is 0 Å². The summed E-state index contributed by atoms with van der Waals surface area (Å²) in [5.41, 5.74) is 2.21. The number of halogens is 1. The highest BCUT2D eigenvalue weighted by Gasteiger charge is 1.98. The predicted octanol–water partition coefficient (Wildman–Crippen LogP) is 3.36. The molecule has 0 aliphatic rings. The van der Waals surface area contributed by atoms with E-state index >= 15 is 0 Å². The van der Waals surface area contributed by atoms with Crippen LogP contribution in [0.1, 0.15) is 24.1 Å². The van der Waals surface area contributed by atoms with Gasteiger partial charge in [-0.05, 0) is 30.5 Å². The maximum Gasteiger partial charge on any atom is 0.191 e. The van der Waals surface area contributed by atoms with Crippen molar-refractivity contribution in [3.05, 3.63) is 66.0 Å². The topological polar surface area (TPSA) is 58.5 Å². The number of pyridine rings is 1. The molecule has 2 aromatic rings. The third-order valence-corrected chi connectivity index (χ3v) is 3.51. The second-order valence-electron chi connectivity index (χ2n) is 5.42. The van der Waals surface area contributed by atoms with Crippen molar-refractivity contribution >= 4 is 29.9 Å². The van der Waals surface area contributed by atoms with Gasteiger partial charge in [0, 0.05) is 26.4 Å². The Labute approximate surface area is 167 Å². The molecule has 1 heterocycles. The molecule has 0 amide bonds. The van der Waals surface area contributed by atoms with Gasteiger partial charge in [0.2, 0.25) is 0 Å². The smallest absolute Gasteiger partial charge is 0.191 e. The Bertz CT molecular complexity index is 593. The summed E-state index contributed by atoms with van der Waals surface area (Å²) in [6, 6.07) is 16.1. The first-order chi connectivity index (χ1) is 11.9. The Morgan fingerprint density at radius 2 is 1.84 bits per heavy atom. The number of aromatic nitrogens is 1. The Hall–Kier alpha value is -1.67. The summed E-state index contributed by atoms with van der Waals surface area (Å²) in [5.74, 6) is 0.797. The summed E-state index contributed by atoms with van der Waals surface area (Å²) >= 11 is 0. The minimum atomic E-state index is 0. The van der Waals surface area contributed by atoms with Crippen LogP contribution in [0.25, 0.3) is 0 Å². The van der Waals surface area contributed by atoms with E-state index in [-0.39, 0.29) is 24.0 Å². The highest BCUT2D eigenvalue weighted by Crippen LogP contribution is 2.01. The summed E-state index contributed by atoms with van der Waals surface area (Å²) in [5, 5.41) is 6.56. The Morgan fingerprint density at radius 1 is 1.04 bits per heavy atom. The summed E-state index contributed by atoms with van der Waals surface area (Å²) in [6.07, 6.45) is 3.86. The van der Waals surface area contributed by atoms with E-state index in [9.17, 15) is 0 Å². The molecule has 0 radical (unpaired) electrons. The molecule has 0 aliphatic carbocycles. The van der Waals surface area contributed by atoms with Crippen molar-refractivity contribution in [2.24, 2.45) is 4.99 Å². The van der Waals surface area contributed by atoms with Gasteiger partial charge in [-0.2, -0.15) is 0 Å². The summed E-state index contributed by atoms with van der Waals surface area (Å²) in [6.45, 7) is 3.00. The van der Waals surface area contributed by atoms with E-state index < -0.39 is 0 Å². The normalized spacial score (nSPS) is 10.8. The van der Waals surface area contributed by atoms with E-state index in [1.54, 1.807) is 13.2 Å². The minimum Gasteiger partial charge on any atom is -0.377 e. The van der Waals surface area contributed by atoms with Crippen LogP contribution in [-0.4, -0.2) is 31.1 Å². The number of nitrogens with one attached hydrogen (secondary N) is 2. The van der Waals surface area contributed by atoms with Crippen LogP contribution in [-0.2, 0) is 17.9 Å². The van der Waals surface area contributed by atoms with Crippen LogP contribution in [0.15, 0.2) is 59.7 Å². The molecule has 0 saturated heterocycles. The average molecular weight is 454 g/mol. The maximum atomic E-state index is 5.68. The van der Waals surface area contributed by atoms with Gasteiger partial charge in [-0.3, -0.25) is 9.98 Å². The van der Waals surface area contributed by atoms with E-state index in [1.165, 1.54) is 5.56 Å². The summed E-state index contributed by atoms with van der Waals surface area (Å²) in [4.78, 5) is 8.49. The molecule has 0 saturated carbocycles. The van der Waals surface area contributed by atoms with Crippen molar-refractivity contribution in [3.8, 4) is 0 Å². The van der Waals surface area contributed by atoms with Crippen molar-refractivity contribution in [2.45, 2.75) is 26.0 Å². The molecular weight excluding hydrogens is 427 g/mol. The molecule has 2 N–H and O–H groups in total. The molecule has 0 spiro atoms. The largest absolute Gasteiger partial charge is 0.377 e. The highest BCUT2D eigenvalue weighted by atomic mass is 127. The molecule has 0 unspecified atom stereocenters. The molecular formula is C19H27IN4O. The lowest BCUT2D eigenvalue weighted by Crippen LogP contribution is -2.37. The molecule has 0 aliphatic heterocycles. The fourth-order valence-electron chi connectivity index (χ4n) is 2.20. The molecule has 0 atom stereocenters. The molecule has 6 heteroatoms. The number of benzene rings is 1. The average Bonchev–Trinajstić information content (AvgIpc) is 2.65. The van der Waals surface area contributed by atoms with E-state index in [0.29, 0.717) is 13.2 Å². The Balaban J connectivity index is 0.00000312. The molecule has 0 bridgehead atoms. The van der Waals surface area contributed by atoms with Crippen LogP contribution >= 0.6 is 24.0 Å². The zero-order valence-electron chi connectivity index (χ0n) is 14.6. The second kappa shape index (κ2) is 13.6. The van der Waals surface area contributed by atoms with Gasteiger partial charge < -0.3 is 15.4 Å². The van der Waals surface area contributed by atoms with Gasteiger partial charge in [0.15, 0.2) is 5.96 Å². The van der Waals surface area contributed by atoms with Crippen LogP contribution in [0.5, 0.6) is 0 Å². The highest BCUT2D eigenvalue weighted by molar-refractivity contribution is 14.0. The van der Waals surface area contributed by atoms with E-state index in [2.05, 4.69) is 32.7 Å². The zero-order chi connectivity index (χ0) is 16.9. The fourth-order valence-corrected chi connectivity index (χ4v) is 2.20. The first kappa shape index (κ1) is 21.4. The van der Waals surface area contributed by atoms with Gasteiger partial charge >= 0.3 is 0 Å². The Morgan fingerprint density at radius 3 is 2.56 bits per heavy atom. The number of unbranched alkanes of at least 4 members (excludes halogenated alkanes) is 1. The molecule has 136 valence electrons. The monoisotopic (exact) mass is 454 g/mol. The van der Waals surface area contributed by atoms with Crippen molar-refractivity contribution < 1.29 is 4.74 Å². The number of ether oxygens (including phenoxy) is 1. The van der Waals surface area contributed by atoms with Gasteiger partial charge in [0.1, 0.15) is 0 Å². The Kier molecular flexibility index (Phi) is 11.6. The first-order valence-corrected chi connectivity index (χ1v) is 8.34. The zero-order valence-corrected chi connectivity index (χ0v) is 17.0. The molecule has 0 fully saturated rings.